The van der Waals surface area contributed by atoms with Crippen LogP contribution in [0.15, 0.2) is 10.9 Å². The lowest BCUT2D eigenvalue weighted by Crippen LogP contribution is -2.20. The van der Waals surface area contributed by atoms with Crippen LogP contribution >= 0.6 is 23.6 Å². The van der Waals surface area contributed by atoms with E-state index in [-0.39, 0.29) is 12.1 Å². The van der Waals surface area contributed by atoms with Crippen molar-refractivity contribution in [2.45, 2.75) is 19.9 Å². The molecule has 1 N–H and O–H groups in total. The molecule has 2 heterocycles. The monoisotopic (exact) mass is 251 g/mol. The molecule has 82 valence electrons. The maximum atomic E-state index is 12.0. The van der Waals surface area contributed by atoms with E-state index in [0.717, 1.165) is 16.1 Å². The average molecular weight is 251 g/mol. The summed E-state index contributed by atoms with van der Waals surface area (Å²) in [5.41, 5.74) is -0.184. The highest BCUT2D eigenvalue weighted by atomic mass is 32.1. The number of aromatic amines is 1. The normalized spacial score (nSPS) is 10.5. The summed E-state index contributed by atoms with van der Waals surface area (Å²) in [4.78, 5) is 16.9. The van der Waals surface area contributed by atoms with E-state index in [1.165, 1.54) is 15.9 Å². The van der Waals surface area contributed by atoms with Gasteiger partial charge in [-0.3, -0.25) is 9.36 Å². The average Bonchev–Trinajstić information content (AvgIpc) is 2.67. The van der Waals surface area contributed by atoms with E-state index in [1.807, 2.05) is 19.1 Å². The van der Waals surface area contributed by atoms with Crippen molar-refractivity contribution in [3.63, 3.8) is 0 Å². The molecule has 0 aliphatic heterocycles. The molecule has 0 atom stereocenters. The molecule has 0 spiro atoms. The minimum absolute atomic E-state index is 0.0125. The Morgan fingerprint density at radius 1 is 1.69 bits per heavy atom. The molecule has 4 nitrogen and oxygen atoms in total. The highest BCUT2D eigenvalue weighted by Gasteiger charge is 2.08. The largest absolute Gasteiger partial charge is 0.323 e. The molecular weight excluding hydrogens is 242 g/mol. The number of nitriles is 1. The number of aromatic nitrogens is 2. The number of thiophene rings is 1. The van der Waals surface area contributed by atoms with Crippen LogP contribution in [0.5, 0.6) is 0 Å². The second kappa shape index (κ2) is 4.20. The number of H-pyrrole nitrogens is 1. The lowest BCUT2D eigenvalue weighted by Gasteiger charge is -1.99. The zero-order valence-electron chi connectivity index (χ0n) is 8.61. The lowest BCUT2D eigenvalue weighted by atomic mass is 10.3. The number of hydrogen-bond acceptors (Lipinski definition) is 4. The Labute approximate surface area is 101 Å². The smallest absolute Gasteiger partial charge is 0.263 e. The Morgan fingerprint density at radius 2 is 2.44 bits per heavy atom. The second-order valence-electron chi connectivity index (χ2n) is 3.29. The Kier molecular flexibility index (Phi) is 2.90. The van der Waals surface area contributed by atoms with Gasteiger partial charge in [-0.15, -0.1) is 11.3 Å². The molecule has 2 aromatic heterocycles. The number of rotatable bonds is 2. The van der Waals surface area contributed by atoms with Crippen molar-refractivity contribution in [3.05, 3.63) is 26.1 Å². The summed E-state index contributed by atoms with van der Waals surface area (Å²) in [6, 6.07) is 3.79. The third-order valence-electron chi connectivity index (χ3n) is 2.30. The molecule has 0 amide bonds. The van der Waals surface area contributed by atoms with Gasteiger partial charge >= 0.3 is 0 Å². The molecule has 0 saturated carbocycles. The first-order valence-corrected chi connectivity index (χ1v) is 6.02. The van der Waals surface area contributed by atoms with Crippen LogP contribution in [0.3, 0.4) is 0 Å². The number of aryl methyl sites for hydroxylation is 1. The summed E-state index contributed by atoms with van der Waals surface area (Å²) in [7, 11) is 0. The van der Waals surface area contributed by atoms with Crippen molar-refractivity contribution in [2.75, 3.05) is 0 Å². The van der Waals surface area contributed by atoms with Gasteiger partial charge in [-0.05, 0) is 24.7 Å². The predicted octanol–water partition coefficient (Wildman–Crippen LogP) is 2.21. The molecule has 2 aromatic rings. The van der Waals surface area contributed by atoms with E-state index in [1.54, 1.807) is 0 Å². The highest BCUT2D eigenvalue weighted by Crippen LogP contribution is 2.21. The number of nitrogens with zero attached hydrogens (tertiary/aromatic N) is 2. The van der Waals surface area contributed by atoms with Crippen molar-refractivity contribution in [1.82, 2.24) is 9.55 Å². The van der Waals surface area contributed by atoms with Gasteiger partial charge in [0, 0.05) is 4.88 Å². The molecule has 2 rings (SSSR count). The first-order valence-electron chi connectivity index (χ1n) is 4.80. The first kappa shape index (κ1) is 11.0. The number of fused-ring (bicyclic) bond motifs is 1. The zero-order chi connectivity index (χ0) is 11.7. The van der Waals surface area contributed by atoms with Crippen LogP contribution in [0.4, 0.5) is 0 Å². The van der Waals surface area contributed by atoms with Crippen molar-refractivity contribution in [1.29, 1.82) is 5.26 Å². The maximum absolute atomic E-state index is 12.0. The van der Waals surface area contributed by atoms with Gasteiger partial charge in [0.05, 0.1) is 11.5 Å². The summed E-state index contributed by atoms with van der Waals surface area (Å²) in [5.74, 6) is 0. The molecule has 0 unspecified atom stereocenters. The van der Waals surface area contributed by atoms with Gasteiger partial charge in [-0.1, -0.05) is 6.92 Å². The molecular formula is C10H9N3OS2. The molecule has 0 aliphatic rings. The van der Waals surface area contributed by atoms with Gasteiger partial charge in [0.2, 0.25) is 0 Å². The van der Waals surface area contributed by atoms with E-state index in [2.05, 4.69) is 4.98 Å². The lowest BCUT2D eigenvalue weighted by molar-refractivity contribution is 0.761. The van der Waals surface area contributed by atoms with Crippen LogP contribution < -0.4 is 5.56 Å². The summed E-state index contributed by atoms with van der Waals surface area (Å²) >= 11 is 6.57. The summed E-state index contributed by atoms with van der Waals surface area (Å²) < 4.78 is 1.59. The summed E-state index contributed by atoms with van der Waals surface area (Å²) in [6.07, 6.45) is 0.887. The molecule has 0 radical (unpaired) electrons. The molecule has 0 aromatic carbocycles. The molecule has 16 heavy (non-hydrogen) atoms. The Hall–Kier alpha value is -1.45. The molecule has 0 saturated heterocycles. The Morgan fingerprint density at radius 3 is 3.06 bits per heavy atom. The topological polar surface area (TPSA) is 61.6 Å². The van der Waals surface area contributed by atoms with Gasteiger partial charge in [-0.25, -0.2) is 0 Å². The molecule has 0 fully saturated rings. The van der Waals surface area contributed by atoms with E-state index in [4.69, 9.17) is 17.5 Å². The zero-order valence-corrected chi connectivity index (χ0v) is 10.2. The standard InChI is InChI=1S/C10H9N3OS2/c1-2-6-5-7-8(16-6)12-10(15)13(4-3-11)9(7)14/h5H,2,4H2,1H3,(H,12,15). The Bertz CT molecular complexity index is 687. The van der Waals surface area contributed by atoms with E-state index >= 15 is 0 Å². The molecule has 0 aliphatic carbocycles. The van der Waals surface area contributed by atoms with Crippen LogP contribution in [0.2, 0.25) is 0 Å². The van der Waals surface area contributed by atoms with Gasteiger partial charge in [-0.2, -0.15) is 5.26 Å². The molecule has 6 heteroatoms. The van der Waals surface area contributed by atoms with Gasteiger partial charge in [0.1, 0.15) is 11.4 Å². The first-order chi connectivity index (χ1) is 7.67. The number of hydrogen-bond donors (Lipinski definition) is 1. The van der Waals surface area contributed by atoms with E-state index in [9.17, 15) is 4.79 Å². The quantitative estimate of drug-likeness (QED) is 0.832. The van der Waals surface area contributed by atoms with E-state index in [0.29, 0.717) is 10.2 Å². The van der Waals surface area contributed by atoms with Crippen LogP contribution in [0, 0.1) is 16.1 Å². The minimum Gasteiger partial charge on any atom is -0.323 e. The van der Waals surface area contributed by atoms with Crippen molar-refractivity contribution >= 4 is 33.8 Å². The third kappa shape index (κ3) is 1.68. The van der Waals surface area contributed by atoms with Crippen molar-refractivity contribution < 1.29 is 0 Å². The van der Waals surface area contributed by atoms with E-state index < -0.39 is 0 Å². The van der Waals surface area contributed by atoms with Crippen LogP contribution in [0.25, 0.3) is 10.2 Å². The predicted molar refractivity (Wildman–Crippen MR) is 66.3 cm³/mol. The fourth-order valence-electron chi connectivity index (χ4n) is 1.48. The third-order valence-corrected chi connectivity index (χ3v) is 3.82. The highest BCUT2D eigenvalue weighted by molar-refractivity contribution is 7.71. The SMILES string of the molecule is CCc1cc2c(=O)n(CC#N)c(=S)[nH]c2s1. The van der Waals surface area contributed by atoms with Crippen LogP contribution in [-0.4, -0.2) is 9.55 Å². The van der Waals surface area contributed by atoms with Gasteiger partial charge in [0.25, 0.3) is 5.56 Å². The fourth-order valence-corrected chi connectivity index (χ4v) is 2.79. The number of nitrogens with one attached hydrogen (secondary N) is 1. The van der Waals surface area contributed by atoms with Gasteiger partial charge in [0.15, 0.2) is 4.77 Å². The summed E-state index contributed by atoms with van der Waals surface area (Å²) in [6.45, 7) is 2.02. The van der Waals surface area contributed by atoms with Gasteiger partial charge < -0.3 is 4.98 Å². The van der Waals surface area contributed by atoms with Crippen LogP contribution in [0.1, 0.15) is 11.8 Å². The summed E-state index contributed by atoms with van der Waals surface area (Å²) in [5, 5.41) is 9.24. The maximum Gasteiger partial charge on any atom is 0.263 e. The Balaban J connectivity index is 2.83. The second-order valence-corrected chi connectivity index (χ2v) is 4.81. The minimum atomic E-state index is -0.184. The van der Waals surface area contributed by atoms with Crippen LogP contribution in [-0.2, 0) is 13.0 Å². The van der Waals surface area contributed by atoms with Crippen molar-refractivity contribution in [2.24, 2.45) is 0 Å². The van der Waals surface area contributed by atoms with Crippen molar-refractivity contribution in [3.8, 4) is 6.07 Å². The fraction of sp³-hybridized carbons (Fsp3) is 0.300. The molecule has 0 bridgehead atoms.